The molecule has 3 atom stereocenters. The first-order chi connectivity index (χ1) is 11.2. The average Bonchev–Trinajstić information content (AvgIpc) is 2.58. The molecule has 0 amide bonds. The van der Waals surface area contributed by atoms with Crippen molar-refractivity contribution in [1.82, 2.24) is 9.97 Å². The fraction of sp³-hybridized carbons (Fsp3) is 0.765. The Morgan fingerprint density at radius 1 is 1.30 bits per heavy atom. The van der Waals surface area contributed by atoms with Crippen LogP contribution in [-0.4, -0.2) is 54.0 Å². The van der Waals surface area contributed by atoms with Crippen LogP contribution in [0.2, 0.25) is 0 Å². The van der Waals surface area contributed by atoms with Gasteiger partial charge in [-0.2, -0.15) is 4.98 Å². The Hall–Kier alpha value is -1.40. The predicted molar refractivity (Wildman–Crippen MR) is 90.7 cm³/mol. The summed E-state index contributed by atoms with van der Waals surface area (Å²) in [5.74, 6) is 1.88. The second kappa shape index (κ2) is 7.93. The molecule has 1 aromatic heterocycles. The summed E-state index contributed by atoms with van der Waals surface area (Å²) in [4.78, 5) is 11.1. The van der Waals surface area contributed by atoms with Crippen molar-refractivity contribution in [2.24, 2.45) is 5.92 Å². The molecule has 1 aliphatic carbocycles. The highest BCUT2D eigenvalue weighted by Crippen LogP contribution is 2.26. The molecule has 0 bridgehead atoms. The molecule has 0 aromatic carbocycles. The molecule has 2 heterocycles. The first-order valence-corrected chi connectivity index (χ1v) is 8.79. The lowest BCUT2D eigenvalue weighted by Crippen LogP contribution is -2.36. The normalized spacial score (nSPS) is 28.3. The highest BCUT2D eigenvalue weighted by molar-refractivity contribution is 5.41. The van der Waals surface area contributed by atoms with E-state index in [1.807, 2.05) is 13.1 Å². The fourth-order valence-electron chi connectivity index (χ4n) is 3.51. The molecule has 1 saturated heterocycles. The van der Waals surface area contributed by atoms with Gasteiger partial charge in [-0.15, -0.1) is 0 Å². The number of aliphatic hydroxyl groups excluding tert-OH is 1. The van der Waals surface area contributed by atoms with Crippen LogP contribution in [0.1, 0.15) is 38.5 Å². The van der Waals surface area contributed by atoms with Gasteiger partial charge in [-0.3, -0.25) is 0 Å². The van der Waals surface area contributed by atoms with E-state index in [9.17, 15) is 5.11 Å². The van der Waals surface area contributed by atoms with E-state index in [0.29, 0.717) is 17.9 Å². The maximum Gasteiger partial charge on any atom is 0.226 e. The zero-order valence-electron chi connectivity index (χ0n) is 13.9. The Balaban J connectivity index is 1.59. The van der Waals surface area contributed by atoms with Crippen LogP contribution < -0.4 is 10.2 Å². The molecule has 0 spiro atoms. The smallest absolute Gasteiger partial charge is 0.226 e. The van der Waals surface area contributed by atoms with Crippen molar-refractivity contribution in [3.05, 3.63) is 12.3 Å². The Labute approximate surface area is 138 Å². The van der Waals surface area contributed by atoms with Gasteiger partial charge in [0.2, 0.25) is 5.95 Å². The second-order valence-corrected chi connectivity index (χ2v) is 6.79. The van der Waals surface area contributed by atoms with Crippen LogP contribution >= 0.6 is 0 Å². The minimum Gasteiger partial charge on any atom is -0.393 e. The molecule has 2 N–H and O–H groups in total. The van der Waals surface area contributed by atoms with Crippen molar-refractivity contribution in [3.63, 3.8) is 0 Å². The second-order valence-electron chi connectivity index (χ2n) is 6.79. The molecule has 6 nitrogen and oxygen atoms in total. The van der Waals surface area contributed by atoms with Crippen molar-refractivity contribution >= 4 is 11.8 Å². The summed E-state index contributed by atoms with van der Waals surface area (Å²) in [7, 11) is 2.00. The minimum atomic E-state index is -0.188. The summed E-state index contributed by atoms with van der Waals surface area (Å²) in [5, 5.41) is 13.6. The lowest BCUT2D eigenvalue weighted by Gasteiger charge is -2.31. The van der Waals surface area contributed by atoms with Crippen LogP contribution in [0.4, 0.5) is 11.8 Å². The van der Waals surface area contributed by atoms with Gasteiger partial charge >= 0.3 is 0 Å². The zero-order valence-corrected chi connectivity index (χ0v) is 13.9. The summed E-state index contributed by atoms with van der Waals surface area (Å²) in [6, 6.07) is 2.23. The van der Waals surface area contributed by atoms with Crippen molar-refractivity contribution in [1.29, 1.82) is 0 Å². The number of aromatic nitrogens is 2. The maximum atomic E-state index is 10.1. The molecule has 23 heavy (non-hydrogen) atoms. The monoisotopic (exact) mass is 320 g/mol. The minimum absolute atomic E-state index is 0.188. The number of nitrogens with one attached hydrogen (secondary N) is 1. The first-order valence-electron chi connectivity index (χ1n) is 8.79. The van der Waals surface area contributed by atoms with Gasteiger partial charge < -0.3 is 20.1 Å². The van der Waals surface area contributed by atoms with Crippen molar-refractivity contribution in [2.75, 3.05) is 37.0 Å². The van der Waals surface area contributed by atoms with Gasteiger partial charge in [-0.05, 0) is 31.7 Å². The lowest BCUT2D eigenvalue weighted by atomic mass is 9.86. The van der Waals surface area contributed by atoms with Crippen LogP contribution in [0.3, 0.4) is 0 Å². The summed E-state index contributed by atoms with van der Waals surface area (Å²) in [6.07, 6.45) is 8.17. The average molecular weight is 320 g/mol. The van der Waals surface area contributed by atoms with Crippen molar-refractivity contribution in [3.8, 4) is 0 Å². The highest BCUT2D eigenvalue weighted by atomic mass is 16.5. The third kappa shape index (κ3) is 4.54. The van der Waals surface area contributed by atoms with E-state index < -0.39 is 0 Å². The molecular weight excluding hydrogens is 292 g/mol. The number of rotatable bonds is 5. The molecule has 2 aliphatic rings. The van der Waals surface area contributed by atoms with E-state index >= 15 is 0 Å². The van der Waals surface area contributed by atoms with Crippen molar-refractivity contribution < 1.29 is 9.84 Å². The SMILES string of the molecule is CN(CC1CCCCC1O)c1nccc(NC2CCCOC2)n1. The Bertz CT molecular complexity index is 493. The third-order valence-corrected chi connectivity index (χ3v) is 4.87. The van der Waals surface area contributed by atoms with E-state index in [4.69, 9.17) is 4.74 Å². The van der Waals surface area contributed by atoms with Gasteiger partial charge in [-0.1, -0.05) is 12.8 Å². The number of anilines is 2. The molecule has 6 heteroatoms. The molecule has 3 unspecified atom stereocenters. The van der Waals surface area contributed by atoms with Crippen LogP contribution in [0.25, 0.3) is 0 Å². The quantitative estimate of drug-likeness (QED) is 0.865. The summed E-state index contributed by atoms with van der Waals surface area (Å²) in [6.45, 7) is 2.40. The molecule has 128 valence electrons. The van der Waals surface area contributed by atoms with Gasteiger partial charge in [0.15, 0.2) is 0 Å². The van der Waals surface area contributed by atoms with Crippen LogP contribution in [0, 0.1) is 5.92 Å². The van der Waals surface area contributed by atoms with Gasteiger partial charge in [0.1, 0.15) is 5.82 Å². The molecule has 2 fully saturated rings. The van der Waals surface area contributed by atoms with E-state index in [2.05, 4.69) is 20.2 Å². The standard InChI is InChI=1S/C17H28N4O2/c1-21(11-13-5-2-3-7-15(13)22)17-18-9-8-16(20-17)19-14-6-4-10-23-12-14/h8-9,13-15,22H,2-7,10-12H2,1H3,(H,18,19,20). The highest BCUT2D eigenvalue weighted by Gasteiger charge is 2.25. The number of hydrogen-bond donors (Lipinski definition) is 2. The molecule has 1 saturated carbocycles. The van der Waals surface area contributed by atoms with Crippen LogP contribution in [0.15, 0.2) is 12.3 Å². The molecule has 0 radical (unpaired) electrons. The largest absolute Gasteiger partial charge is 0.393 e. The van der Waals surface area contributed by atoms with Crippen LogP contribution in [-0.2, 0) is 4.74 Å². The molecule has 1 aliphatic heterocycles. The van der Waals surface area contributed by atoms with Gasteiger partial charge in [0, 0.05) is 32.3 Å². The fourth-order valence-corrected chi connectivity index (χ4v) is 3.51. The summed E-state index contributed by atoms with van der Waals surface area (Å²) < 4.78 is 5.50. The predicted octanol–water partition coefficient (Wildman–Crippen LogP) is 2.05. The first kappa shape index (κ1) is 16.5. The Morgan fingerprint density at radius 2 is 2.17 bits per heavy atom. The maximum absolute atomic E-state index is 10.1. The summed E-state index contributed by atoms with van der Waals surface area (Å²) >= 11 is 0. The molecule has 1 aromatic rings. The Kier molecular flexibility index (Phi) is 5.67. The summed E-state index contributed by atoms with van der Waals surface area (Å²) in [5.41, 5.74) is 0. The van der Waals surface area contributed by atoms with Gasteiger partial charge in [0.25, 0.3) is 0 Å². The molecule has 3 rings (SSSR count). The van der Waals surface area contributed by atoms with E-state index in [-0.39, 0.29) is 6.10 Å². The Morgan fingerprint density at radius 3 is 2.96 bits per heavy atom. The number of aliphatic hydroxyl groups is 1. The lowest BCUT2D eigenvalue weighted by molar-refractivity contribution is 0.0735. The van der Waals surface area contributed by atoms with Crippen molar-refractivity contribution in [2.45, 2.75) is 50.7 Å². The van der Waals surface area contributed by atoms with E-state index in [1.54, 1.807) is 6.20 Å². The van der Waals surface area contributed by atoms with E-state index in [1.165, 1.54) is 6.42 Å². The molecular formula is C17H28N4O2. The van der Waals surface area contributed by atoms with Gasteiger partial charge in [0.05, 0.1) is 18.8 Å². The topological polar surface area (TPSA) is 70.5 Å². The number of nitrogens with zero attached hydrogens (tertiary/aromatic N) is 3. The van der Waals surface area contributed by atoms with E-state index in [0.717, 1.165) is 57.7 Å². The number of ether oxygens (including phenoxy) is 1. The third-order valence-electron chi connectivity index (χ3n) is 4.87. The van der Waals surface area contributed by atoms with Gasteiger partial charge in [-0.25, -0.2) is 4.98 Å². The number of hydrogen-bond acceptors (Lipinski definition) is 6. The zero-order chi connectivity index (χ0) is 16.1. The van der Waals surface area contributed by atoms with Crippen LogP contribution in [0.5, 0.6) is 0 Å².